The minimum atomic E-state index is -0.111. The predicted molar refractivity (Wildman–Crippen MR) is 136 cm³/mol. The van der Waals surface area contributed by atoms with E-state index in [1.165, 1.54) is 12.8 Å². The molecule has 1 saturated carbocycles. The number of hydrogen-bond acceptors (Lipinski definition) is 7. The number of carbonyl (C=O) groups is 1. The highest BCUT2D eigenvalue weighted by Crippen LogP contribution is 2.34. The molecule has 2 fully saturated rings. The quantitative estimate of drug-likeness (QED) is 0.507. The highest BCUT2D eigenvalue weighted by molar-refractivity contribution is 5.89. The van der Waals surface area contributed by atoms with Gasteiger partial charge in [0.1, 0.15) is 0 Å². The van der Waals surface area contributed by atoms with Crippen LogP contribution < -0.4 is 14.8 Å². The zero-order valence-electron chi connectivity index (χ0n) is 20.7. The predicted octanol–water partition coefficient (Wildman–Crippen LogP) is 4.81. The molecule has 5 rings (SSSR count). The van der Waals surface area contributed by atoms with Gasteiger partial charge in [0.15, 0.2) is 17.3 Å². The van der Waals surface area contributed by atoms with E-state index in [9.17, 15) is 4.79 Å². The van der Waals surface area contributed by atoms with Gasteiger partial charge in [-0.2, -0.15) is 4.98 Å². The fraction of sp³-hybridized carbons (Fsp3) is 0.444. The molecular formula is C27H33N5O4. The monoisotopic (exact) mass is 491 g/mol. The first-order chi connectivity index (χ1) is 17.7. The molecule has 1 aliphatic heterocycles. The number of methoxy groups -OCH3 is 1. The maximum Gasteiger partial charge on any atom is 0.321 e. The molecule has 9 nitrogen and oxygen atoms in total. The number of nitrogens with one attached hydrogen (secondary N) is 1. The van der Waals surface area contributed by atoms with E-state index in [-0.39, 0.29) is 12.1 Å². The molecule has 2 aliphatic rings. The average Bonchev–Trinajstić information content (AvgIpc) is 3.53. The summed E-state index contributed by atoms with van der Waals surface area (Å²) < 4.78 is 17.1. The molecule has 1 N–H and O–H groups in total. The van der Waals surface area contributed by atoms with Crippen molar-refractivity contribution in [2.45, 2.75) is 44.8 Å². The molecule has 2 aromatic carbocycles. The van der Waals surface area contributed by atoms with Crippen molar-refractivity contribution in [2.24, 2.45) is 0 Å². The maximum atomic E-state index is 13.0. The fourth-order valence-corrected chi connectivity index (χ4v) is 4.78. The zero-order valence-corrected chi connectivity index (χ0v) is 20.7. The lowest BCUT2D eigenvalue weighted by Crippen LogP contribution is -2.38. The topological polar surface area (TPSA) is 93.0 Å². The van der Waals surface area contributed by atoms with Crippen molar-refractivity contribution in [3.05, 3.63) is 54.4 Å². The number of benzene rings is 2. The Bertz CT molecular complexity index is 1150. The van der Waals surface area contributed by atoms with Crippen LogP contribution in [-0.4, -0.2) is 65.4 Å². The van der Waals surface area contributed by atoms with Gasteiger partial charge in [-0.05, 0) is 56.4 Å². The number of urea groups is 1. The lowest BCUT2D eigenvalue weighted by Gasteiger charge is -2.22. The van der Waals surface area contributed by atoms with Crippen LogP contribution in [0, 0.1) is 0 Å². The summed E-state index contributed by atoms with van der Waals surface area (Å²) in [7, 11) is 1.63. The van der Waals surface area contributed by atoms with E-state index in [0.717, 1.165) is 37.9 Å². The fourth-order valence-electron chi connectivity index (χ4n) is 4.78. The molecule has 2 heterocycles. The van der Waals surface area contributed by atoms with Gasteiger partial charge in [0, 0.05) is 43.5 Å². The Morgan fingerprint density at radius 3 is 2.67 bits per heavy atom. The first-order valence-electron chi connectivity index (χ1n) is 12.7. The molecule has 3 aromatic rings. The molecule has 0 spiro atoms. The maximum absolute atomic E-state index is 13.0. The van der Waals surface area contributed by atoms with Gasteiger partial charge in [-0.1, -0.05) is 23.4 Å². The number of amides is 2. The van der Waals surface area contributed by atoms with Crippen LogP contribution in [0.15, 0.2) is 53.1 Å². The second-order valence-electron chi connectivity index (χ2n) is 9.32. The lowest BCUT2D eigenvalue weighted by molar-refractivity contribution is 0.201. The summed E-state index contributed by atoms with van der Waals surface area (Å²) in [6.45, 7) is 3.50. The van der Waals surface area contributed by atoms with Crippen LogP contribution in [0.1, 0.15) is 37.9 Å². The molecule has 1 saturated heterocycles. The summed E-state index contributed by atoms with van der Waals surface area (Å²) in [5.74, 6) is 2.54. The number of nitrogens with zero attached hydrogens (tertiary/aromatic N) is 4. The molecule has 1 aromatic heterocycles. The van der Waals surface area contributed by atoms with E-state index < -0.39 is 0 Å². The third kappa shape index (κ3) is 5.96. The van der Waals surface area contributed by atoms with Gasteiger partial charge < -0.3 is 24.2 Å². The van der Waals surface area contributed by atoms with Crippen LogP contribution in [-0.2, 0) is 6.54 Å². The smallest absolute Gasteiger partial charge is 0.321 e. The molecule has 0 bridgehead atoms. The van der Waals surface area contributed by atoms with E-state index in [0.29, 0.717) is 48.5 Å². The third-order valence-corrected chi connectivity index (χ3v) is 6.74. The minimum Gasteiger partial charge on any atom is -0.493 e. The molecule has 36 heavy (non-hydrogen) atoms. The van der Waals surface area contributed by atoms with Crippen molar-refractivity contribution in [1.82, 2.24) is 19.9 Å². The van der Waals surface area contributed by atoms with Crippen molar-refractivity contribution < 1.29 is 18.8 Å². The Hall–Kier alpha value is -3.59. The van der Waals surface area contributed by atoms with Gasteiger partial charge in [0.2, 0.25) is 0 Å². The summed E-state index contributed by atoms with van der Waals surface area (Å²) in [6, 6.07) is 15.2. The van der Waals surface area contributed by atoms with Crippen molar-refractivity contribution in [1.29, 1.82) is 0 Å². The van der Waals surface area contributed by atoms with Crippen LogP contribution >= 0.6 is 0 Å². The van der Waals surface area contributed by atoms with Crippen LogP contribution in [0.4, 0.5) is 10.5 Å². The molecule has 0 unspecified atom stereocenters. The number of ether oxygens (including phenoxy) is 2. The van der Waals surface area contributed by atoms with Crippen LogP contribution in [0.2, 0.25) is 0 Å². The normalized spacial score (nSPS) is 17.1. The van der Waals surface area contributed by atoms with E-state index in [1.54, 1.807) is 7.11 Å². The van der Waals surface area contributed by atoms with E-state index >= 15 is 0 Å². The van der Waals surface area contributed by atoms with E-state index in [2.05, 4.69) is 20.4 Å². The minimum absolute atomic E-state index is 0.111. The van der Waals surface area contributed by atoms with Gasteiger partial charge in [-0.3, -0.25) is 4.90 Å². The molecule has 0 radical (unpaired) electrons. The molecule has 9 heteroatoms. The number of rotatable bonds is 7. The van der Waals surface area contributed by atoms with Gasteiger partial charge in [-0.25, -0.2) is 4.79 Å². The molecular weight excluding hydrogens is 458 g/mol. The Balaban J connectivity index is 1.16. The van der Waals surface area contributed by atoms with Gasteiger partial charge in [0.25, 0.3) is 5.89 Å². The van der Waals surface area contributed by atoms with E-state index in [4.69, 9.17) is 14.0 Å². The first-order valence-corrected chi connectivity index (χ1v) is 12.7. The first kappa shape index (κ1) is 24.1. The summed E-state index contributed by atoms with van der Waals surface area (Å²) in [5.41, 5.74) is 1.61. The Labute approximate surface area is 211 Å². The Kier molecular flexibility index (Phi) is 7.66. The molecule has 0 atom stereocenters. The Morgan fingerprint density at radius 2 is 1.86 bits per heavy atom. The van der Waals surface area contributed by atoms with Crippen molar-refractivity contribution >= 4 is 11.7 Å². The van der Waals surface area contributed by atoms with Crippen molar-refractivity contribution in [2.75, 3.05) is 38.6 Å². The highest BCUT2D eigenvalue weighted by Gasteiger charge is 2.22. The van der Waals surface area contributed by atoms with Crippen molar-refractivity contribution in [3.63, 3.8) is 0 Å². The summed E-state index contributed by atoms with van der Waals surface area (Å²) >= 11 is 0. The molecule has 2 amide bonds. The van der Waals surface area contributed by atoms with Gasteiger partial charge in [-0.15, -0.1) is 0 Å². The zero-order chi connectivity index (χ0) is 24.7. The summed E-state index contributed by atoms with van der Waals surface area (Å²) in [4.78, 5) is 21.7. The highest BCUT2D eigenvalue weighted by atomic mass is 16.5. The van der Waals surface area contributed by atoms with Crippen LogP contribution in [0.3, 0.4) is 0 Å². The third-order valence-electron chi connectivity index (χ3n) is 6.74. The second-order valence-corrected chi connectivity index (χ2v) is 9.32. The average molecular weight is 492 g/mol. The Morgan fingerprint density at radius 1 is 1.03 bits per heavy atom. The number of hydrogen-bond donors (Lipinski definition) is 1. The van der Waals surface area contributed by atoms with E-state index in [1.807, 2.05) is 53.4 Å². The SMILES string of the molecule is COc1ccc(NC(=O)N2CCCN(Cc3noc(-c4ccccc4)n3)CC2)cc1OC1CCCC1. The van der Waals surface area contributed by atoms with Crippen LogP contribution in [0.5, 0.6) is 11.5 Å². The van der Waals surface area contributed by atoms with Gasteiger partial charge in [0.05, 0.1) is 19.8 Å². The number of anilines is 1. The lowest BCUT2D eigenvalue weighted by atomic mass is 10.2. The molecule has 1 aliphatic carbocycles. The number of carbonyl (C=O) groups excluding carboxylic acids is 1. The second kappa shape index (κ2) is 11.4. The standard InChI is InChI=1S/C27H33N5O4/c1-34-23-13-12-21(18-24(23)35-22-10-5-6-11-22)28-27(33)32-15-7-14-31(16-17-32)19-25-29-26(36-30-25)20-8-3-2-4-9-20/h2-4,8-9,12-13,18,22H,5-7,10-11,14-17,19H2,1H3,(H,28,33). The summed E-state index contributed by atoms with van der Waals surface area (Å²) in [5, 5.41) is 7.18. The summed E-state index contributed by atoms with van der Waals surface area (Å²) in [6.07, 6.45) is 5.58. The van der Waals surface area contributed by atoms with Gasteiger partial charge >= 0.3 is 6.03 Å². The van der Waals surface area contributed by atoms with Crippen LogP contribution in [0.25, 0.3) is 11.5 Å². The number of aromatic nitrogens is 2. The largest absolute Gasteiger partial charge is 0.493 e. The molecule has 190 valence electrons. The van der Waals surface area contributed by atoms with Crippen molar-refractivity contribution in [3.8, 4) is 23.0 Å².